The van der Waals surface area contributed by atoms with Gasteiger partial charge in [0.2, 0.25) is 0 Å². The number of methoxy groups -OCH3 is 1. The van der Waals surface area contributed by atoms with Crippen LogP contribution in [-0.2, 0) is 18.3 Å². The van der Waals surface area contributed by atoms with Crippen LogP contribution in [0.3, 0.4) is 0 Å². The largest absolute Gasteiger partial charge is 0.409 e. The first-order chi connectivity index (χ1) is 11.4. The Hall–Kier alpha value is 0.234. The second-order valence-corrected chi connectivity index (χ2v) is 20.1. The SMILES string of the molecule is CO[C@H]1O[C@H](C)[C@@H](O[Si](C)(C)C(C)(C)C)[C@H](O[Si](C)(C)C(C)(C)C)[C@H]1O. The van der Waals surface area contributed by atoms with E-state index in [0.29, 0.717) is 0 Å². The molecule has 0 aromatic carbocycles. The minimum atomic E-state index is -2.10. The van der Waals surface area contributed by atoms with Gasteiger partial charge in [0.05, 0.1) is 12.2 Å². The molecular weight excluding hydrogens is 364 g/mol. The topological polar surface area (TPSA) is 57.2 Å². The summed E-state index contributed by atoms with van der Waals surface area (Å²) in [7, 11) is -2.61. The summed E-state index contributed by atoms with van der Waals surface area (Å²) in [5, 5.41) is 11.0. The van der Waals surface area contributed by atoms with Gasteiger partial charge in [-0.05, 0) is 43.2 Å². The molecule has 1 N–H and O–H groups in total. The van der Waals surface area contributed by atoms with E-state index in [1.165, 1.54) is 0 Å². The first-order valence-corrected chi connectivity index (χ1v) is 15.5. The lowest BCUT2D eigenvalue weighted by atomic mass is 10.0. The standard InChI is InChI=1S/C19H42O5Si2/c1-13-15(23-25(9,10)18(2,3)4)16(14(20)17(21-8)22-13)24-26(11,12)19(5,6)7/h13-17,20H,1-12H3/t13-,14-,15-,16-,17+/m1/s1. The van der Waals surface area contributed by atoms with Crippen LogP contribution in [0.25, 0.3) is 0 Å². The predicted molar refractivity (Wildman–Crippen MR) is 111 cm³/mol. The smallest absolute Gasteiger partial charge is 0.192 e. The van der Waals surface area contributed by atoms with Crippen molar-refractivity contribution in [3.63, 3.8) is 0 Å². The Bertz CT molecular complexity index is 468. The molecule has 7 heteroatoms. The minimum absolute atomic E-state index is 0.0400. The molecule has 156 valence electrons. The van der Waals surface area contributed by atoms with Crippen molar-refractivity contribution in [2.45, 2.75) is 115 Å². The summed E-state index contributed by atoms with van der Waals surface area (Å²) in [5.41, 5.74) is 0. The zero-order valence-electron chi connectivity index (χ0n) is 19.0. The highest BCUT2D eigenvalue weighted by molar-refractivity contribution is 6.74. The molecule has 1 aliphatic rings. The number of rotatable bonds is 5. The summed E-state index contributed by atoms with van der Waals surface area (Å²) in [4.78, 5) is 0. The molecule has 26 heavy (non-hydrogen) atoms. The molecule has 1 saturated heterocycles. The van der Waals surface area contributed by atoms with E-state index in [9.17, 15) is 5.11 Å². The zero-order chi connectivity index (χ0) is 20.7. The highest BCUT2D eigenvalue weighted by atomic mass is 28.4. The molecule has 1 heterocycles. The molecule has 0 aromatic heterocycles. The van der Waals surface area contributed by atoms with Crippen molar-refractivity contribution in [3.05, 3.63) is 0 Å². The summed E-state index contributed by atoms with van der Waals surface area (Å²) >= 11 is 0. The van der Waals surface area contributed by atoms with Gasteiger partial charge in [0.1, 0.15) is 12.2 Å². The van der Waals surface area contributed by atoms with E-state index >= 15 is 0 Å². The van der Waals surface area contributed by atoms with Gasteiger partial charge in [-0.3, -0.25) is 0 Å². The van der Waals surface area contributed by atoms with E-state index in [0.717, 1.165) is 0 Å². The van der Waals surface area contributed by atoms with Crippen LogP contribution in [0, 0.1) is 0 Å². The Balaban J connectivity index is 3.22. The molecule has 0 aromatic rings. The number of aliphatic hydroxyl groups excluding tert-OH is 1. The molecule has 1 rings (SSSR count). The molecular formula is C19H42O5Si2. The van der Waals surface area contributed by atoms with E-state index in [2.05, 4.69) is 67.7 Å². The Kier molecular flexibility index (Phi) is 7.40. The van der Waals surface area contributed by atoms with Gasteiger partial charge in [-0.15, -0.1) is 0 Å². The lowest BCUT2D eigenvalue weighted by molar-refractivity contribution is -0.280. The van der Waals surface area contributed by atoms with Gasteiger partial charge in [0.15, 0.2) is 22.9 Å². The normalized spacial score (nSPS) is 32.0. The zero-order valence-corrected chi connectivity index (χ0v) is 21.0. The minimum Gasteiger partial charge on any atom is -0.409 e. The maximum absolute atomic E-state index is 10.9. The molecule has 5 nitrogen and oxygen atoms in total. The summed E-state index contributed by atoms with van der Waals surface area (Å²) in [6.45, 7) is 24.1. The van der Waals surface area contributed by atoms with Crippen molar-refractivity contribution in [2.24, 2.45) is 0 Å². The molecule has 0 unspecified atom stereocenters. The summed E-state index contributed by atoms with van der Waals surface area (Å²) in [5.74, 6) is 0. The Labute approximate surface area is 163 Å². The Morgan fingerprint density at radius 1 is 0.808 bits per heavy atom. The van der Waals surface area contributed by atoms with Crippen LogP contribution in [0.15, 0.2) is 0 Å². The predicted octanol–water partition coefficient (Wildman–Crippen LogP) is 4.52. The highest BCUT2D eigenvalue weighted by Crippen LogP contribution is 2.43. The van der Waals surface area contributed by atoms with Crippen LogP contribution in [-0.4, -0.2) is 59.6 Å². The first-order valence-electron chi connectivity index (χ1n) is 9.66. The molecule has 1 aliphatic heterocycles. The van der Waals surface area contributed by atoms with Crippen molar-refractivity contribution in [1.29, 1.82) is 0 Å². The third-order valence-electron chi connectivity index (χ3n) is 6.46. The van der Waals surface area contributed by atoms with E-state index in [1.54, 1.807) is 7.11 Å². The summed E-state index contributed by atoms with van der Waals surface area (Å²) < 4.78 is 24.6. The van der Waals surface area contributed by atoms with Crippen LogP contribution in [0.1, 0.15) is 48.5 Å². The number of ether oxygens (including phenoxy) is 2. The second kappa shape index (κ2) is 7.93. The Morgan fingerprint density at radius 3 is 1.54 bits per heavy atom. The number of hydrogen-bond donors (Lipinski definition) is 1. The third kappa shape index (κ3) is 5.18. The maximum atomic E-state index is 10.9. The van der Waals surface area contributed by atoms with Crippen LogP contribution in [0.5, 0.6) is 0 Å². The summed E-state index contributed by atoms with van der Waals surface area (Å²) in [6.07, 6.45) is -2.56. The van der Waals surface area contributed by atoms with E-state index in [-0.39, 0.29) is 22.3 Å². The van der Waals surface area contributed by atoms with Gasteiger partial charge in [-0.25, -0.2) is 0 Å². The molecule has 0 saturated carbocycles. The molecule has 0 radical (unpaired) electrons. The van der Waals surface area contributed by atoms with Crippen molar-refractivity contribution < 1.29 is 23.4 Å². The number of aliphatic hydroxyl groups is 1. The molecule has 0 bridgehead atoms. The van der Waals surface area contributed by atoms with Gasteiger partial charge in [-0.1, -0.05) is 41.5 Å². The van der Waals surface area contributed by atoms with Crippen LogP contribution in [0.2, 0.25) is 36.3 Å². The van der Waals surface area contributed by atoms with Crippen molar-refractivity contribution in [2.75, 3.05) is 7.11 Å². The third-order valence-corrected chi connectivity index (χ3v) is 15.4. The van der Waals surface area contributed by atoms with Gasteiger partial charge >= 0.3 is 0 Å². The Morgan fingerprint density at radius 2 is 1.19 bits per heavy atom. The lowest BCUT2D eigenvalue weighted by Gasteiger charge is -2.51. The lowest BCUT2D eigenvalue weighted by Crippen LogP contribution is -2.64. The monoisotopic (exact) mass is 406 g/mol. The van der Waals surface area contributed by atoms with E-state index in [1.807, 2.05) is 6.92 Å². The molecule has 0 aliphatic carbocycles. The first kappa shape index (κ1) is 24.3. The number of hydrogen-bond acceptors (Lipinski definition) is 5. The van der Waals surface area contributed by atoms with Crippen LogP contribution in [0.4, 0.5) is 0 Å². The van der Waals surface area contributed by atoms with Crippen LogP contribution >= 0.6 is 0 Å². The average molecular weight is 407 g/mol. The van der Waals surface area contributed by atoms with E-state index < -0.39 is 35.1 Å². The van der Waals surface area contributed by atoms with Crippen molar-refractivity contribution >= 4 is 16.6 Å². The van der Waals surface area contributed by atoms with Crippen LogP contribution < -0.4 is 0 Å². The maximum Gasteiger partial charge on any atom is 0.192 e. The second-order valence-electron chi connectivity index (χ2n) is 10.6. The van der Waals surface area contributed by atoms with E-state index in [4.69, 9.17) is 18.3 Å². The fraction of sp³-hybridized carbons (Fsp3) is 1.00. The van der Waals surface area contributed by atoms with Gasteiger partial charge in [0, 0.05) is 7.11 Å². The molecule has 1 fully saturated rings. The average Bonchev–Trinajstić information content (AvgIpc) is 2.43. The quantitative estimate of drug-likeness (QED) is 0.680. The molecule has 5 atom stereocenters. The fourth-order valence-electron chi connectivity index (χ4n) is 2.51. The van der Waals surface area contributed by atoms with Gasteiger partial charge < -0.3 is 23.4 Å². The van der Waals surface area contributed by atoms with Gasteiger partial charge in [0.25, 0.3) is 0 Å². The van der Waals surface area contributed by atoms with Crippen molar-refractivity contribution in [3.8, 4) is 0 Å². The highest BCUT2D eigenvalue weighted by Gasteiger charge is 2.52. The van der Waals surface area contributed by atoms with Crippen molar-refractivity contribution in [1.82, 2.24) is 0 Å². The summed E-state index contributed by atoms with van der Waals surface area (Å²) in [6, 6.07) is 0. The molecule has 0 spiro atoms. The molecule has 0 amide bonds. The fourth-order valence-corrected chi connectivity index (χ4v) is 5.18. The van der Waals surface area contributed by atoms with Gasteiger partial charge in [-0.2, -0.15) is 0 Å².